The van der Waals surface area contributed by atoms with Gasteiger partial charge in [-0.2, -0.15) is 0 Å². The summed E-state index contributed by atoms with van der Waals surface area (Å²) in [4.78, 5) is 41.7. The van der Waals surface area contributed by atoms with E-state index in [1.807, 2.05) is 17.0 Å². The van der Waals surface area contributed by atoms with Crippen molar-refractivity contribution in [3.8, 4) is 5.75 Å². The number of amides is 3. The molecular formula is C24H28N4O6. The minimum atomic E-state index is -0.756. The highest BCUT2D eigenvalue weighted by Gasteiger charge is 2.40. The third-order valence-corrected chi connectivity index (χ3v) is 5.88. The molecule has 2 fully saturated rings. The van der Waals surface area contributed by atoms with E-state index in [9.17, 15) is 14.4 Å². The van der Waals surface area contributed by atoms with E-state index in [2.05, 4.69) is 10.6 Å². The molecule has 1 aromatic heterocycles. The average molecular weight is 469 g/mol. The Hall–Kier alpha value is -3.95. The number of hydrogen-bond acceptors (Lipinski definition) is 7. The van der Waals surface area contributed by atoms with Crippen molar-refractivity contribution in [1.29, 1.82) is 0 Å². The van der Waals surface area contributed by atoms with Crippen molar-refractivity contribution in [1.82, 2.24) is 20.4 Å². The highest BCUT2D eigenvalue weighted by atomic mass is 16.5. The van der Waals surface area contributed by atoms with Gasteiger partial charge in [0, 0.05) is 32.4 Å². The van der Waals surface area contributed by atoms with Gasteiger partial charge in [-0.15, -0.1) is 0 Å². The fourth-order valence-corrected chi connectivity index (χ4v) is 4.15. The van der Waals surface area contributed by atoms with E-state index < -0.39 is 24.0 Å². The molecule has 0 radical (unpaired) electrons. The quantitative estimate of drug-likeness (QED) is 0.625. The number of rotatable bonds is 6. The third kappa shape index (κ3) is 5.00. The maximum absolute atomic E-state index is 13.0. The summed E-state index contributed by atoms with van der Waals surface area (Å²) in [5.41, 5.74) is 1.21. The van der Waals surface area contributed by atoms with Crippen molar-refractivity contribution in [3.05, 3.63) is 65.9 Å². The van der Waals surface area contributed by atoms with E-state index in [1.165, 1.54) is 6.26 Å². The molecule has 2 aromatic rings. The summed E-state index contributed by atoms with van der Waals surface area (Å²) in [5.74, 6) is -0.365. The van der Waals surface area contributed by atoms with Crippen molar-refractivity contribution in [2.75, 3.05) is 39.9 Å². The van der Waals surface area contributed by atoms with Gasteiger partial charge in [-0.05, 0) is 36.8 Å². The summed E-state index contributed by atoms with van der Waals surface area (Å²) in [5, 5.41) is 5.63. The number of methoxy groups -OCH3 is 1. The molecule has 2 N–H and O–H groups in total. The molecule has 2 saturated heterocycles. The van der Waals surface area contributed by atoms with Gasteiger partial charge in [0.05, 0.1) is 31.7 Å². The second-order valence-electron chi connectivity index (χ2n) is 7.97. The Morgan fingerprint density at radius 2 is 1.88 bits per heavy atom. The number of piperazine rings is 1. The lowest BCUT2D eigenvalue weighted by atomic mass is 9.88. The Bertz CT molecular complexity index is 1040. The molecule has 0 aliphatic carbocycles. The van der Waals surface area contributed by atoms with Crippen LogP contribution in [0, 0.1) is 5.92 Å². The maximum atomic E-state index is 13.0. The summed E-state index contributed by atoms with van der Waals surface area (Å²) < 4.78 is 15.8. The lowest BCUT2D eigenvalue weighted by Crippen LogP contribution is -2.52. The first-order valence-electron chi connectivity index (χ1n) is 11.2. The first-order valence-corrected chi connectivity index (χ1v) is 11.2. The summed E-state index contributed by atoms with van der Waals surface area (Å²) in [6, 6.07) is 9.52. The highest BCUT2D eigenvalue weighted by Crippen LogP contribution is 2.32. The maximum Gasteiger partial charge on any atom is 0.319 e. The van der Waals surface area contributed by atoms with Gasteiger partial charge < -0.3 is 34.3 Å². The van der Waals surface area contributed by atoms with Gasteiger partial charge >= 0.3 is 12.0 Å². The SMILES string of the molecule is CCOC(=O)C1/C(=C/N2CCN(C(=O)c3ccco3)CC2)NC(=O)NC1c1ccc(OC)cc1. The Morgan fingerprint density at radius 3 is 2.50 bits per heavy atom. The molecule has 4 rings (SSSR count). The Kier molecular flexibility index (Phi) is 7.05. The lowest BCUT2D eigenvalue weighted by molar-refractivity contribution is -0.148. The average Bonchev–Trinajstić information content (AvgIpc) is 3.39. The predicted molar refractivity (Wildman–Crippen MR) is 122 cm³/mol. The molecule has 3 amide bonds. The largest absolute Gasteiger partial charge is 0.497 e. The standard InChI is InChI=1S/C24H28N4O6/c1-3-33-23(30)20-18(25-24(31)26-21(20)16-6-8-17(32-2)9-7-16)15-27-10-12-28(13-11-27)22(29)19-5-4-14-34-19/h4-9,14-15,20-21H,3,10-13H2,1-2H3,(H2,25,26,31)/b18-15-. The number of benzene rings is 1. The van der Waals surface area contributed by atoms with Crippen LogP contribution in [-0.4, -0.2) is 67.6 Å². The number of carbonyl (C=O) groups excluding carboxylic acids is 3. The van der Waals surface area contributed by atoms with E-state index in [4.69, 9.17) is 13.9 Å². The van der Waals surface area contributed by atoms with Crippen LogP contribution in [0.4, 0.5) is 4.79 Å². The van der Waals surface area contributed by atoms with Gasteiger partial charge in [0.1, 0.15) is 11.7 Å². The highest BCUT2D eigenvalue weighted by molar-refractivity contribution is 5.91. The molecule has 180 valence electrons. The van der Waals surface area contributed by atoms with Crippen molar-refractivity contribution < 1.29 is 28.3 Å². The van der Waals surface area contributed by atoms with E-state index in [1.54, 1.807) is 49.4 Å². The normalized spacial score (nSPS) is 21.6. The van der Waals surface area contributed by atoms with Crippen LogP contribution < -0.4 is 15.4 Å². The molecule has 0 spiro atoms. The zero-order valence-corrected chi connectivity index (χ0v) is 19.2. The molecule has 34 heavy (non-hydrogen) atoms. The van der Waals surface area contributed by atoms with Crippen LogP contribution in [-0.2, 0) is 9.53 Å². The van der Waals surface area contributed by atoms with Crippen LogP contribution in [0.5, 0.6) is 5.75 Å². The summed E-state index contributed by atoms with van der Waals surface area (Å²) in [7, 11) is 1.57. The molecule has 2 aliphatic heterocycles. The lowest BCUT2D eigenvalue weighted by Gasteiger charge is -2.37. The minimum absolute atomic E-state index is 0.156. The Balaban J connectivity index is 1.54. The van der Waals surface area contributed by atoms with Crippen molar-refractivity contribution in [2.24, 2.45) is 5.92 Å². The van der Waals surface area contributed by atoms with Crippen LogP contribution in [0.15, 0.2) is 59.0 Å². The molecular weight excluding hydrogens is 440 g/mol. The number of hydrogen-bond donors (Lipinski definition) is 2. The van der Waals surface area contributed by atoms with Gasteiger partial charge in [-0.3, -0.25) is 9.59 Å². The van der Waals surface area contributed by atoms with Crippen LogP contribution in [0.3, 0.4) is 0 Å². The van der Waals surface area contributed by atoms with E-state index in [0.29, 0.717) is 43.4 Å². The monoisotopic (exact) mass is 468 g/mol. The molecule has 10 nitrogen and oxygen atoms in total. The zero-order chi connectivity index (χ0) is 24.1. The van der Waals surface area contributed by atoms with E-state index >= 15 is 0 Å². The van der Waals surface area contributed by atoms with Gasteiger partial charge in [0.15, 0.2) is 5.76 Å². The van der Waals surface area contributed by atoms with Gasteiger partial charge in [-0.1, -0.05) is 12.1 Å². The number of nitrogens with zero attached hydrogens (tertiary/aromatic N) is 2. The number of furan rings is 1. The van der Waals surface area contributed by atoms with Crippen LogP contribution in [0.2, 0.25) is 0 Å². The van der Waals surface area contributed by atoms with E-state index in [0.717, 1.165) is 5.56 Å². The molecule has 0 saturated carbocycles. The van der Waals surface area contributed by atoms with E-state index in [-0.39, 0.29) is 12.5 Å². The zero-order valence-electron chi connectivity index (χ0n) is 19.2. The molecule has 3 heterocycles. The van der Waals surface area contributed by atoms with Crippen LogP contribution >= 0.6 is 0 Å². The second-order valence-corrected chi connectivity index (χ2v) is 7.97. The summed E-state index contributed by atoms with van der Waals surface area (Å²) >= 11 is 0. The molecule has 0 bridgehead atoms. The van der Waals surface area contributed by atoms with Crippen LogP contribution in [0.1, 0.15) is 29.1 Å². The predicted octanol–water partition coefficient (Wildman–Crippen LogP) is 2.12. The number of carbonyl (C=O) groups is 3. The topological polar surface area (TPSA) is 113 Å². The molecule has 2 aliphatic rings. The Morgan fingerprint density at radius 1 is 1.15 bits per heavy atom. The molecule has 10 heteroatoms. The van der Waals surface area contributed by atoms with Crippen molar-refractivity contribution >= 4 is 17.9 Å². The smallest absolute Gasteiger partial charge is 0.319 e. The van der Waals surface area contributed by atoms with Crippen LogP contribution in [0.25, 0.3) is 0 Å². The van der Waals surface area contributed by atoms with Crippen molar-refractivity contribution in [2.45, 2.75) is 13.0 Å². The minimum Gasteiger partial charge on any atom is -0.497 e. The first-order chi connectivity index (χ1) is 16.5. The number of nitrogens with one attached hydrogen (secondary N) is 2. The first kappa shape index (κ1) is 23.2. The summed E-state index contributed by atoms with van der Waals surface area (Å²) in [6.45, 7) is 4.03. The van der Waals surface area contributed by atoms with Gasteiger partial charge in [0.2, 0.25) is 0 Å². The Labute approximate surface area is 197 Å². The fourth-order valence-electron chi connectivity index (χ4n) is 4.15. The second kappa shape index (κ2) is 10.3. The molecule has 2 unspecified atom stereocenters. The molecule has 1 aromatic carbocycles. The third-order valence-electron chi connectivity index (χ3n) is 5.88. The van der Waals surface area contributed by atoms with Gasteiger partial charge in [0.25, 0.3) is 5.91 Å². The van der Waals surface area contributed by atoms with Crippen molar-refractivity contribution in [3.63, 3.8) is 0 Å². The molecule has 2 atom stereocenters. The fraction of sp³-hybridized carbons (Fsp3) is 0.375. The number of urea groups is 1. The number of esters is 1. The number of ether oxygens (including phenoxy) is 2. The van der Waals surface area contributed by atoms with Gasteiger partial charge in [-0.25, -0.2) is 4.79 Å². The summed E-state index contributed by atoms with van der Waals surface area (Å²) in [6.07, 6.45) is 3.26.